The quantitative estimate of drug-likeness (QED) is 0.237. The van der Waals surface area contributed by atoms with Crippen LogP contribution in [0.2, 0.25) is 0 Å². The van der Waals surface area contributed by atoms with Crippen LogP contribution in [0.4, 0.5) is 0 Å². The van der Waals surface area contributed by atoms with E-state index in [1.54, 1.807) is 13.8 Å². The molecule has 36 heavy (non-hydrogen) atoms. The van der Waals surface area contributed by atoms with Crippen molar-refractivity contribution in [3.63, 3.8) is 0 Å². The van der Waals surface area contributed by atoms with Gasteiger partial charge in [-0.3, -0.25) is 0 Å². The molecule has 0 bridgehead atoms. The van der Waals surface area contributed by atoms with Gasteiger partial charge in [0.1, 0.15) is 46.8 Å². The molecule has 0 radical (unpaired) electrons. The highest BCUT2D eigenvalue weighted by atomic mass is 16.6. The minimum absolute atomic E-state index is 0.239. The third-order valence-electron chi connectivity index (χ3n) is 8.49. The minimum atomic E-state index is -1.83. The molecule has 2 aliphatic rings. The Kier molecular flexibility index (Phi) is 10.6. The molecule has 0 spiro atoms. The largest absolute Gasteiger partial charge is 0.394 e. The molecule has 11 atom stereocenters. The van der Waals surface area contributed by atoms with Crippen molar-refractivity contribution >= 4 is 0 Å². The summed E-state index contributed by atoms with van der Waals surface area (Å²) >= 11 is 0. The lowest BCUT2D eigenvalue weighted by Gasteiger charge is -2.63. The summed E-state index contributed by atoms with van der Waals surface area (Å²) < 4.78 is 11.4. The molecule has 10 heteroatoms. The Balaban J connectivity index is 0.000000369. The van der Waals surface area contributed by atoms with Gasteiger partial charge < -0.3 is 50.3 Å². The number of hydrogen-bond acceptors (Lipinski definition) is 10. The van der Waals surface area contributed by atoms with Crippen molar-refractivity contribution in [2.24, 2.45) is 11.8 Å². The molecule has 0 aromatic carbocycles. The molecule has 11 unspecified atom stereocenters. The second-order valence-electron chi connectivity index (χ2n) is 12.5. The molecule has 2 saturated heterocycles. The Morgan fingerprint density at radius 3 is 1.64 bits per heavy atom. The maximum Gasteiger partial charge on any atom is 0.124 e. The van der Waals surface area contributed by atoms with E-state index in [1.807, 2.05) is 27.7 Å². The van der Waals surface area contributed by atoms with Gasteiger partial charge in [-0.15, -0.1) is 0 Å². The summed E-state index contributed by atoms with van der Waals surface area (Å²) in [6.45, 7) is 16.6. The molecule has 2 heterocycles. The zero-order valence-corrected chi connectivity index (χ0v) is 23.6. The van der Waals surface area contributed by atoms with E-state index in [4.69, 9.17) is 14.6 Å². The zero-order valence-electron chi connectivity index (χ0n) is 23.6. The third-order valence-corrected chi connectivity index (χ3v) is 8.49. The van der Waals surface area contributed by atoms with E-state index < -0.39 is 64.6 Å². The molecule has 2 fully saturated rings. The van der Waals surface area contributed by atoms with Crippen molar-refractivity contribution < 1.29 is 50.3 Å². The first-order valence-electron chi connectivity index (χ1n) is 12.9. The van der Waals surface area contributed by atoms with Crippen molar-refractivity contribution in [1.29, 1.82) is 0 Å². The molecular weight excluding hydrogens is 472 g/mol. The van der Waals surface area contributed by atoms with Gasteiger partial charge in [0.25, 0.3) is 0 Å². The Morgan fingerprint density at radius 1 is 0.750 bits per heavy atom. The van der Waals surface area contributed by atoms with E-state index in [9.17, 15) is 35.7 Å². The summed E-state index contributed by atoms with van der Waals surface area (Å²) in [5.74, 6) is 0.519. The lowest BCUT2D eigenvalue weighted by atomic mass is 9.60. The lowest BCUT2D eigenvalue weighted by molar-refractivity contribution is -0.384. The Hall–Kier alpha value is -0.400. The zero-order chi connectivity index (χ0) is 28.7. The van der Waals surface area contributed by atoms with Gasteiger partial charge in [-0.2, -0.15) is 0 Å². The fourth-order valence-electron chi connectivity index (χ4n) is 5.40. The van der Waals surface area contributed by atoms with Gasteiger partial charge in [-0.05, 0) is 66.2 Å². The first kappa shape index (κ1) is 33.6. The van der Waals surface area contributed by atoms with Crippen molar-refractivity contribution in [2.45, 2.75) is 147 Å². The van der Waals surface area contributed by atoms with Crippen LogP contribution in [0.15, 0.2) is 0 Å². The fourth-order valence-corrected chi connectivity index (χ4v) is 5.40. The van der Waals surface area contributed by atoms with Crippen LogP contribution in [0.25, 0.3) is 0 Å². The van der Waals surface area contributed by atoms with Gasteiger partial charge in [-0.25, -0.2) is 0 Å². The SMILES string of the molecule is CC(C)CC1(C)OC(CO)C(O)C(O)C1O.CC(C)CC1OC(C)(C(C)O)C(C)(O)C(C)(O)C1(C)O. The molecule has 0 aromatic heterocycles. The smallest absolute Gasteiger partial charge is 0.124 e. The van der Waals surface area contributed by atoms with Gasteiger partial charge in [0.2, 0.25) is 0 Å². The number of aliphatic hydroxyl groups is 8. The van der Waals surface area contributed by atoms with Gasteiger partial charge in [-0.1, -0.05) is 27.7 Å². The summed E-state index contributed by atoms with van der Waals surface area (Å²) in [5.41, 5.74) is -7.58. The Morgan fingerprint density at radius 2 is 1.25 bits per heavy atom. The Bertz CT molecular complexity index is 698. The van der Waals surface area contributed by atoms with Crippen molar-refractivity contribution in [3.8, 4) is 0 Å². The minimum Gasteiger partial charge on any atom is -0.394 e. The van der Waals surface area contributed by atoms with E-state index in [2.05, 4.69) is 0 Å². The first-order valence-corrected chi connectivity index (χ1v) is 12.9. The maximum absolute atomic E-state index is 10.8. The van der Waals surface area contributed by atoms with Gasteiger partial charge in [0.15, 0.2) is 0 Å². The molecule has 8 N–H and O–H groups in total. The van der Waals surface area contributed by atoms with Crippen LogP contribution >= 0.6 is 0 Å². The molecular formula is C26H52O10. The van der Waals surface area contributed by atoms with E-state index in [-0.39, 0.29) is 18.4 Å². The fraction of sp³-hybridized carbons (Fsp3) is 1.00. The molecule has 10 nitrogen and oxygen atoms in total. The van der Waals surface area contributed by atoms with E-state index in [1.165, 1.54) is 27.7 Å². The summed E-state index contributed by atoms with van der Waals surface area (Å²) in [6.07, 6.45) is -5.15. The van der Waals surface area contributed by atoms with Gasteiger partial charge >= 0.3 is 0 Å². The average molecular weight is 525 g/mol. The molecule has 0 aliphatic carbocycles. The summed E-state index contributed by atoms with van der Waals surface area (Å²) in [6, 6.07) is 0. The predicted molar refractivity (Wildman–Crippen MR) is 134 cm³/mol. The van der Waals surface area contributed by atoms with Crippen molar-refractivity contribution in [2.75, 3.05) is 6.61 Å². The predicted octanol–water partition coefficient (Wildman–Crippen LogP) is 0.0888. The summed E-state index contributed by atoms with van der Waals surface area (Å²) in [4.78, 5) is 0. The van der Waals surface area contributed by atoms with E-state index in [0.29, 0.717) is 12.8 Å². The highest BCUT2D eigenvalue weighted by Crippen LogP contribution is 2.51. The lowest BCUT2D eigenvalue weighted by Crippen LogP contribution is -2.82. The van der Waals surface area contributed by atoms with E-state index >= 15 is 0 Å². The van der Waals surface area contributed by atoms with Crippen LogP contribution in [0.5, 0.6) is 0 Å². The van der Waals surface area contributed by atoms with Crippen LogP contribution < -0.4 is 0 Å². The van der Waals surface area contributed by atoms with Crippen molar-refractivity contribution in [3.05, 3.63) is 0 Å². The van der Waals surface area contributed by atoms with Crippen LogP contribution in [0.3, 0.4) is 0 Å². The molecule has 2 aliphatic heterocycles. The van der Waals surface area contributed by atoms with Crippen LogP contribution in [0.1, 0.15) is 82.1 Å². The topological polar surface area (TPSA) is 180 Å². The van der Waals surface area contributed by atoms with Crippen LogP contribution in [0, 0.1) is 11.8 Å². The number of aliphatic hydroxyl groups excluding tert-OH is 5. The van der Waals surface area contributed by atoms with Crippen molar-refractivity contribution in [1.82, 2.24) is 0 Å². The summed E-state index contributed by atoms with van der Waals surface area (Å²) in [5, 5.41) is 80.6. The second-order valence-corrected chi connectivity index (χ2v) is 12.5. The monoisotopic (exact) mass is 524 g/mol. The highest BCUT2D eigenvalue weighted by Gasteiger charge is 2.71. The second kappa shape index (κ2) is 11.4. The van der Waals surface area contributed by atoms with Crippen LogP contribution in [-0.4, -0.2) is 112 Å². The number of rotatable bonds is 6. The van der Waals surface area contributed by atoms with E-state index in [0.717, 1.165) is 0 Å². The average Bonchev–Trinajstić information content (AvgIpc) is 2.72. The molecule has 0 saturated carbocycles. The molecule has 2 rings (SSSR count). The normalized spacial score (nSPS) is 48.5. The van der Waals surface area contributed by atoms with Gasteiger partial charge in [0.05, 0.1) is 24.4 Å². The standard InChI is InChI=1S/C15H30O5.C11H22O5/c1-9(2)8-11-12(4,17)14(6,18)15(7,19)13(5,20-11)10(3)16;1-6(2)4-11(3)10(15)9(14)8(13)7(5-12)16-11/h9-11,16-19H,8H2,1-7H3;6-10,12-15H,4-5H2,1-3H3. The Labute approximate surface area is 215 Å². The highest BCUT2D eigenvalue weighted by molar-refractivity contribution is 5.21. The third kappa shape index (κ3) is 5.93. The van der Waals surface area contributed by atoms with Crippen LogP contribution in [-0.2, 0) is 9.47 Å². The maximum atomic E-state index is 10.8. The first-order chi connectivity index (χ1) is 16.0. The van der Waals surface area contributed by atoms with Gasteiger partial charge in [0, 0.05) is 0 Å². The number of ether oxygens (including phenoxy) is 2. The molecule has 216 valence electrons. The summed E-state index contributed by atoms with van der Waals surface area (Å²) in [7, 11) is 0. The molecule has 0 aromatic rings. The number of hydrogen-bond donors (Lipinski definition) is 8. The molecule has 0 amide bonds.